The van der Waals surface area contributed by atoms with Gasteiger partial charge in [-0.2, -0.15) is 0 Å². The minimum atomic E-state index is -0.148. The van der Waals surface area contributed by atoms with Gasteiger partial charge in [0.25, 0.3) is 0 Å². The summed E-state index contributed by atoms with van der Waals surface area (Å²) in [6.45, 7) is 1.99. The van der Waals surface area contributed by atoms with Crippen LogP contribution in [0.3, 0.4) is 0 Å². The first kappa shape index (κ1) is 12.3. The molecule has 18 heavy (non-hydrogen) atoms. The van der Waals surface area contributed by atoms with Gasteiger partial charge in [-0.1, -0.05) is 0 Å². The van der Waals surface area contributed by atoms with Crippen LogP contribution < -0.4 is 5.32 Å². The molecule has 0 aliphatic carbocycles. The van der Waals surface area contributed by atoms with Crippen LogP contribution in [0.5, 0.6) is 5.75 Å². The highest BCUT2D eigenvalue weighted by Crippen LogP contribution is 2.24. The van der Waals surface area contributed by atoms with E-state index in [1.165, 1.54) is 0 Å². The summed E-state index contributed by atoms with van der Waals surface area (Å²) in [5.74, 6) is 0.123. The monoisotopic (exact) mass is 245 g/mol. The number of aryl methyl sites for hydroxylation is 1. The number of hydrogen-bond acceptors (Lipinski definition) is 5. The van der Waals surface area contributed by atoms with Gasteiger partial charge in [0.15, 0.2) is 0 Å². The summed E-state index contributed by atoms with van der Waals surface area (Å²) in [6, 6.07) is 3.71. The van der Waals surface area contributed by atoms with E-state index in [2.05, 4.69) is 15.3 Å². The molecule has 0 aromatic carbocycles. The fraction of sp³-hybridized carbons (Fsp3) is 0.231. The number of aliphatic hydroxyl groups excluding tert-OH is 1. The van der Waals surface area contributed by atoms with Crippen molar-refractivity contribution in [2.24, 2.45) is 0 Å². The molecule has 2 aromatic heterocycles. The summed E-state index contributed by atoms with van der Waals surface area (Å²) in [5, 5.41) is 22.3. The summed E-state index contributed by atoms with van der Waals surface area (Å²) >= 11 is 0. The topological polar surface area (TPSA) is 78.3 Å². The molecule has 0 unspecified atom stereocenters. The molecule has 0 bridgehead atoms. The van der Waals surface area contributed by atoms with Gasteiger partial charge in [-0.15, -0.1) is 0 Å². The number of aromatic hydroxyl groups is 1. The second kappa shape index (κ2) is 5.46. The van der Waals surface area contributed by atoms with Gasteiger partial charge < -0.3 is 15.5 Å². The molecule has 5 heteroatoms. The number of pyridine rings is 2. The molecule has 0 amide bonds. The van der Waals surface area contributed by atoms with E-state index in [0.29, 0.717) is 23.4 Å². The second-order valence-electron chi connectivity index (χ2n) is 3.95. The van der Waals surface area contributed by atoms with Gasteiger partial charge in [0, 0.05) is 36.3 Å². The SMILES string of the molecule is Cc1ncc(CO)c(CNc2cccnc2)c1O. The van der Waals surface area contributed by atoms with Crippen LogP contribution in [-0.2, 0) is 13.2 Å². The normalized spacial score (nSPS) is 10.3. The van der Waals surface area contributed by atoms with Gasteiger partial charge in [-0.3, -0.25) is 9.97 Å². The Labute approximate surface area is 105 Å². The fourth-order valence-corrected chi connectivity index (χ4v) is 1.68. The molecule has 0 saturated heterocycles. The first-order valence-electron chi connectivity index (χ1n) is 5.63. The van der Waals surface area contributed by atoms with Crippen LogP contribution in [0.15, 0.2) is 30.7 Å². The molecule has 94 valence electrons. The number of aliphatic hydroxyl groups is 1. The zero-order chi connectivity index (χ0) is 13.0. The van der Waals surface area contributed by atoms with E-state index in [-0.39, 0.29) is 12.4 Å². The number of nitrogens with zero attached hydrogens (tertiary/aromatic N) is 2. The third-order valence-corrected chi connectivity index (χ3v) is 2.73. The number of aromatic nitrogens is 2. The molecule has 2 heterocycles. The first-order valence-corrected chi connectivity index (χ1v) is 5.63. The lowest BCUT2D eigenvalue weighted by Gasteiger charge is -2.12. The van der Waals surface area contributed by atoms with Gasteiger partial charge in [0.1, 0.15) is 5.75 Å². The van der Waals surface area contributed by atoms with Crippen molar-refractivity contribution in [2.75, 3.05) is 5.32 Å². The van der Waals surface area contributed by atoms with Crippen molar-refractivity contribution < 1.29 is 10.2 Å². The molecule has 0 aliphatic heterocycles. The van der Waals surface area contributed by atoms with Gasteiger partial charge in [-0.25, -0.2) is 0 Å². The maximum absolute atomic E-state index is 9.96. The summed E-state index contributed by atoms with van der Waals surface area (Å²) < 4.78 is 0. The number of nitrogens with one attached hydrogen (secondary N) is 1. The van der Waals surface area contributed by atoms with Crippen LogP contribution in [0.25, 0.3) is 0 Å². The lowest BCUT2D eigenvalue weighted by Crippen LogP contribution is -2.05. The largest absolute Gasteiger partial charge is 0.506 e. The van der Waals surface area contributed by atoms with E-state index in [9.17, 15) is 10.2 Å². The highest BCUT2D eigenvalue weighted by molar-refractivity contribution is 5.46. The van der Waals surface area contributed by atoms with E-state index in [1.807, 2.05) is 12.1 Å². The molecule has 0 atom stereocenters. The van der Waals surface area contributed by atoms with Gasteiger partial charge in [0.05, 0.1) is 18.0 Å². The zero-order valence-electron chi connectivity index (χ0n) is 10.1. The van der Waals surface area contributed by atoms with Crippen molar-refractivity contribution in [3.8, 4) is 5.75 Å². The van der Waals surface area contributed by atoms with E-state index in [4.69, 9.17) is 0 Å². The van der Waals surface area contributed by atoms with E-state index < -0.39 is 0 Å². The van der Waals surface area contributed by atoms with Crippen LogP contribution in [0.1, 0.15) is 16.8 Å². The third kappa shape index (κ3) is 2.57. The number of hydrogen-bond donors (Lipinski definition) is 3. The van der Waals surface area contributed by atoms with E-state index >= 15 is 0 Å². The van der Waals surface area contributed by atoms with Crippen molar-refractivity contribution in [2.45, 2.75) is 20.1 Å². The van der Waals surface area contributed by atoms with Crippen molar-refractivity contribution in [3.05, 3.63) is 47.5 Å². The Morgan fingerprint density at radius 3 is 2.83 bits per heavy atom. The van der Waals surface area contributed by atoms with Gasteiger partial charge >= 0.3 is 0 Å². The summed E-state index contributed by atoms with van der Waals surface area (Å²) in [4.78, 5) is 8.01. The molecule has 0 radical (unpaired) electrons. The summed E-state index contributed by atoms with van der Waals surface area (Å²) in [5.41, 5.74) is 2.69. The minimum Gasteiger partial charge on any atom is -0.506 e. The maximum atomic E-state index is 9.96. The van der Waals surface area contributed by atoms with Gasteiger partial charge in [-0.05, 0) is 19.1 Å². The maximum Gasteiger partial charge on any atom is 0.142 e. The molecule has 5 nitrogen and oxygen atoms in total. The lowest BCUT2D eigenvalue weighted by atomic mass is 10.1. The zero-order valence-corrected chi connectivity index (χ0v) is 10.1. The lowest BCUT2D eigenvalue weighted by molar-refractivity contribution is 0.279. The molecule has 2 rings (SSSR count). The Morgan fingerprint density at radius 1 is 1.33 bits per heavy atom. The van der Waals surface area contributed by atoms with Crippen LogP contribution in [0.2, 0.25) is 0 Å². The Balaban J connectivity index is 2.21. The molecular weight excluding hydrogens is 230 g/mol. The first-order chi connectivity index (χ1) is 8.72. The average Bonchev–Trinajstić information content (AvgIpc) is 2.41. The molecule has 0 fully saturated rings. The molecule has 2 aromatic rings. The van der Waals surface area contributed by atoms with Crippen LogP contribution in [-0.4, -0.2) is 20.2 Å². The standard InChI is InChI=1S/C13H15N3O2/c1-9-13(18)12(10(8-17)5-15-9)7-16-11-3-2-4-14-6-11/h2-6,16-18H,7-8H2,1H3. The second-order valence-corrected chi connectivity index (χ2v) is 3.95. The third-order valence-electron chi connectivity index (χ3n) is 2.73. The number of anilines is 1. The van der Waals surface area contributed by atoms with Gasteiger partial charge in [0.2, 0.25) is 0 Å². The van der Waals surface area contributed by atoms with Crippen molar-refractivity contribution in [1.29, 1.82) is 0 Å². The quantitative estimate of drug-likeness (QED) is 0.762. The summed E-state index contributed by atoms with van der Waals surface area (Å²) in [6.07, 6.45) is 4.97. The van der Waals surface area contributed by atoms with Crippen LogP contribution in [0, 0.1) is 6.92 Å². The summed E-state index contributed by atoms with van der Waals surface area (Å²) in [7, 11) is 0. The fourth-order valence-electron chi connectivity index (χ4n) is 1.68. The minimum absolute atomic E-state index is 0.123. The smallest absolute Gasteiger partial charge is 0.142 e. The average molecular weight is 245 g/mol. The highest BCUT2D eigenvalue weighted by atomic mass is 16.3. The predicted octanol–water partition coefficient (Wildman–Crippen LogP) is 1.60. The Hall–Kier alpha value is -2.14. The van der Waals surface area contributed by atoms with E-state index in [1.54, 1.807) is 25.5 Å². The Kier molecular flexibility index (Phi) is 3.74. The molecular formula is C13H15N3O2. The van der Waals surface area contributed by atoms with E-state index in [0.717, 1.165) is 5.69 Å². The van der Waals surface area contributed by atoms with Crippen molar-refractivity contribution in [1.82, 2.24) is 9.97 Å². The molecule has 0 spiro atoms. The van der Waals surface area contributed by atoms with Crippen LogP contribution >= 0.6 is 0 Å². The predicted molar refractivity (Wildman–Crippen MR) is 68.1 cm³/mol. The molecule has 0 saturated carbocycles. The Bertz CT molecular complexity index is 529. The van der Waals surface area contributed by atoms with Crippen LogP contribution in [0.4, 0.5) is 5.69 Å². The molecule has 3 N–H and O–H groups in total. The molecule has 0 aliphatic rings. The Morgan fingerprint density at radius 2 is 2.17 bits per heavy atom. The van der Waals surface area contributed by atoms with Crippen molar-refractivity contribution in [3.63, 3.8) is 0 Å². The van der Waals surface area contributed by atoms with Crippen molar-refractivity contribution >= 4 is 5.69 Å². The number of rotatable bonds is 4. The highest BCUT2D eigenvalue weighted by Gasteiger charge is 2.10.